The van der Waals surface area contributed by atoms with E-state index in [9.17, 15) is 4.79 Å². The molecule has 0 heterocycles. The fourth-order valence-electron chi connectivity index (χ4n) is 5.46. The summed E-state index contributed by atoms with van der Waals surface area (Å²) in [5.74, 6) is 2.90. The molecule has 1 aromatic rings. The molecule has 4 aliphatic carbocycles. The van der Waals surface area contributed by atoms with Crippen LogP contribution in [0.1, 0.15) is 44.1 Å². The summed E-state index contributed by atoms with van der Waals surface area (Å²) in [7, 11) is 0. The van der Waals surface area contributed by atoms with Gasteiger partial charge in [-0.1, -0.05) is 48.6 Å². The zero-order chi connectivity index (χ0) is 15.0. The van der Waals surface area contributed by atoms with Gasteiger partial charge in [-0.3, -0.25) is 4.79 Å². The number of rotatable bonds is 4. The van der Waals surface area contributed by atoms with Gasteiger partial charge in [-0.15, -0.1) is 0 Å². The summed E-state index contributed by atoms with van der Waals surface area (Å²) in [4.78, 5) is 12.8. The molecular weight excluding hydrogens is 268 g/mol. The maximum Gasteiger partial charge on any atom is 0.161 e. The van der Waals surface area contributed by atoms with Crippen LogP contribution in [0.3, 0.4) is 0 Å². The summed E-state index contributed by atoms with van der Waals surface area (Å²) in [5, 5.41) is 0. The van der Waals surface area contributed by atoms with Gasteiger partial charge in [0.25, 0.3) is 0 Å². The third kappa shape index (κ3) is 2.58. The Morgan fingerprint density at radius 1 is 0.909 bits per heavy atom. The third-order valence-electron chi connectivity index (χ3n) is 6.01. The molecule has 0 radical (unpaired) electrons. The molecule has 0 N–H and O–H groups in total. The highest BCUT2D eigenvalue weighted by atomic mass is 16.1. The fraction of sp³-hybridized carbons (Fsp3) is 0.476. The van der Waals surface area contributed by atoms with E-state index in [1.807, 2.05) is 36.4 Å². The average molecular weight is 292 g/mol. The van der Waals surface area contributed by atoms with Crippen molar-refractivity contribution in [3.63, 3.8) is 0 Å². The lowest BCUT2D eigenvalue weighted by atomic mass is 9.48. The van der Waals surface area contributed by atoms with Gasteiger partial charge in [0.05, 0.1) is 0 Å². The first-order valence-electron chi connectivity index (χ1n) is 8.68. The number of carbonyl (C=O) groups excluding carboxylic acids is 1. The molecule has 22 heavy (non-hydrogen) atoms. The lowest BCUT2D eigenvalue weighted by molar-refractivity contribution is -0.138. The minimum Gasteiger partial charge on any atom is -0.294 e. The summed E-state index contributed by atoms with van der Waals surface area (Å²) in [6.07, 6.45) is 15.5. The van der Waals surface area contributed by atoms with Crippen LogP contribution >= 0.6 is 0 Å². The molecule has 1 aromatic carbocycles. The van der Waals surface area contributed by atoms with Crippen molar-refractivity contribution in [3.05, 3.63) is 54.1 Å². The molecule has 4 fully saturated rings. The van der Waals surface area contributed by atoms with E-state index >= 15 is 0 Å². The van der Waals surface area contributed by atoms with E-state index in [1.54, 1.807) is 0 Å². The quantitative estimate of drug-likeness (QED) is 0.561. The monoisotopic (exact) mass is 292 g/mol. The van der Waals surface area contributed by atoms with E-state index in [2.05, 4.69) is 18.2 Å². The Bertz CT molecular complexity index is 573. The van der Waals surface area contributed by atoms with Crippen LogP contribution in [0.5, 0.6) is 0 Å². The van der Waals surface area contributed by atoms with Gasteiger partial charge in [0.2, 0.25) is 0 Å². The van der Waals surface area contributed by atoms with Crippen LogP contribution in [0.2, 0.25) is 0 Å². The van der Waals surface area contributed by atoms with Crippen LogP contribution in [0.4, 0.5) is 0 Å². The van der Waals surface area contributed by atoms with Crippen molar-refractivity contribution < 1.29 is 4.79 Å². The molecule has 0 aliphatic heterocycles. The van der Waals surface area contributed by atoms with Crippen LogP contribution < -0.4 is 0 Å². The normalized spacial score (nSPS) is 36.5. The Labute approximate surface area is 133 Å². The first kappa shape index (κ1) is 14.0. The lowest BCUT2D eigenvalue weighted by Gasteiger charge is -2.55. The highest BCUT2D eigenvalue weighted by molar-refractivity contribution is 5.95. The Morgan fingerprint density at radius 2 is 1.50 bits per heavy atom. The smallest absolute Gasteiger partial charge is 0.161 e. The number of benzene rings is 1. The standard InChI is InChI=1S/C21H24O/c22-20(9-5-4-8-16-6-2-1-3-7-16)21-13-17-10-18(14-21)12-19(11-17)15-21/h1-9,17-19H,10-15H2/b8-4?,9-5+. The molecule has 0 spiro atoms. The van der Waals surface area contributed by atoms with Gasteiger partial charge in [-0.25, -0.2) is 0 Å². The molecule has 0 saturated heterocycles. The van der Waals surface area contributed by atoms with E-state index in [0.717, 1.165) is 37.0 Å². The van der Waals surface area contributed by atoms with Crippen molar-refractivity contribution in [2.45, 2.75) is 38.5 Å². The topological polar surface area (TPSA) is 17.1 Å². The van der Waals surface area contributed by atoms with Crippen LogP contribution in [0, 0.1) is 23.2 Å². The lowest BCUT2D eigenvalue weighted by Crippen LogP contribution is -2.49. The number of ketones is 1. The largest absolute Gasteiger partial charge is 0.294 e. The van der Waals surface area contributed by atoms with Gasteiger partial charge in [0.15, 0.2) is 5.78 Å². The van der Waals surface area contributed by atoms with E-state index < -0.39 is 0 Å². The molecule has 1 heteroatoms. The van der Waals surface area contributed by atoms with Gasteiger partial charge >= 0.3 is 0 Å². The van der Waals surface area contributed by atoms with Crippen molar-refractivity contribution in [2.75, 3.05) is 0 Å². The third-order valence-corrected chi connectivity index (χ3v) is 6.01. The van der Waals surface area contributed by atoms with Crippen molar-refractivity contribution in [2.24, 2.45) is 23.2 Å². The predicted octanol–water partition coefficient (Wildman–Crippen LogP) is 5.04. The van der Waals surface area contributed by atoms with E-state index in [1.165, 1.54) is 24.8 Å². The maximum atomic E-state index is 12.8. The Balaban J connectivity index is 1.44. The van der Waals surface area contributed by atoms with Crippen LogP contribution in [-0.2, 0) is 4.79 Å². The van der Waals surface area contributed by atoms with E-state index in [-0.39, 0.29) is 5.41 Å². The van der Waals surface area contributed by atoms with Gasteiger partial charge in [0, 0.05) is 5.41 Å². The molecule has 1 nitrogen and oxygen atoms in total. The maximum absolute atomic E-state index is 12.8. The molecular formula is C21H24O. The average Bonchev–Trinajstić information content (AvgIpc) is 2.51. The van der Waals surface area contributed by atoms with Gasteiger partial charge in [0.1, 0.15) is 0 Å². The molecule has 5 rings (SSSR count). The van der Waals surface area contributed by atoms with Crippen LogP contribution in [-0.4, -0.2) is 5.78 Å². The predicted molar refractivity (Wildman–Crippen MR) is 90.2 cm³/mol. The van der Waals surface area contributed by atoms with Gasteiger partial charge < -0.3 is 0 Å². The van der Waals surface area contributed by atoms with E-state index in [4.69, 9.17) is 0 Å². The van der Waals surface area contributed by atoms with Gasteiger partial charge in [-0.2, -0.15) is 0 Å². The SMILES string of the molecule is O=C(/C=C/C=Cc1ccccc1)C12CC3CC(CC(C3)C1)C2. The molecule has 0 aromatic heterocycles. The summed E-state index contributed by atoms with van der Waals surface area (Å²) in [6, 6.07) is 10.2. The van der Waals surface area contributed by atoms with E-state index in [0.29, 0.717) is 5.78 Å². The zero-order valence-corrected chi connectivity index (χ0v) is 13.1. The van der Waals surface area contributed by atoms with Crippen LogP contribution in [0.15, 0.2) is 48.6 Å². The fourth-order valence-corrected chi connectivity index (χ4v) is 5.46. The molecule has 0 atom stereocenters. The van der Waals surface area contributed by atoms with Crippen molar-refractivity contribution in [1.82, 2.24) is 0 Å². The summed E-state index contributed by atoms with van der Waals surface area (Å²) < 4.78 is 0. The van der Waals surface area contributed by atoms with Crippen molar-refractivity contribution in [3.8, 4) is 0 Å². The minimum absolute atomic E-state index is 0.00579. The van der Waals surface area contributed by atoms with Crippen molar-refractivity contribution >= 4 is 11.9 Å². The Morgan fingerprint density at radius 3 is 2.09 bits per heavy atom. The Hall–Kier alpha value is -1.63. The number of hydrogen-bond acceptors (Lipinski definition) is 1. The summed E-state index contributed by atoms with van der Waals surface area (Å²) in [5.41, 5.74) is 1.18. The first-order valence-corrected chi connectivity index (χ1v) is 8.68. The zero-order valence-electron chi connectivity index (χ0n) is 13.1. The van der Waals surface area contributed by atoms with Gasteiger partial charge in [-0.05, 0) is 67.9 Å². The second-order valence-electron chi connectivity index (χ2n) is 7.69. The number of carbonyl (C=O) groups is 1. The molecule has 0 amide bonds. The molecule has 4 aliphatic rings. The second-order valence-corrected chi connectivity index (χ2v) is 7.69. The summed E-state index contributed by atoms with van der Waals surface area (Å²) in [6.45, 7) is 0. The van der Waals surface area contributed by atoms with Crippen LogP contribution in [0.25, 0.3) is 6.08 Å². The molecule has 4 bridgehead atoms. The molecule has 4 saturated carbocycles. The Kier molecular flexibility index (Phi) is 3.52. The minimum atomic E-state index is 0.00579. The second kappa shape index (κ2) is 5.53. The number of hydrogen-bond donors (Lipinski definition) is 0. The summed E-state index contributed by atoms with van der Waals surface area (Å²) >= 11 is 0. The highest BCUT2D eigenvalue weighted by Crippen LogP contribution is 2.60. The first-order chi connectivity index (χ1) is 10.7. The molecule has 0 unspecified atom stereocenters. The van der Waals surface area contributed by atoms with Crippen molar-refractivity contribution in [1.29, 1.82) is 0 Å². The molecule has 114 valence electrons. The highest BCUT2D eigenvalue weighted by Gasteiger charge is 2.53. The number of allylic oxidation sites excluding steroid dienone is 3.